The summed E-state index contributed by atoms with van der Waals surface area (Å²) in [5, 5.41) is 11.4. The van der Waals surface area contributed by atoms with Gasteiger partial charge in [-0.05, 0) is 31.0 Å². The van der Waals surface area contributed by atoms with E-state index in [1.165, 1.54) is 7.11 Å². The summed E-state index contributed by atoms with van der Waals surface area (Å²) in [7, 11) is 1.53. The fraction of sp³-hybridized carbons (Fsp3) is 0.250. The zero-order chi connectivity index (χ0) is 14.9. The molecule has 0 amide bonds. The summed E-state index contributed by atoms with van der Waals surface area (Å²) in [4.78, 5) is 0. The summed E-state index contributed by atoms with van der Waals surface area (Å²) in [5.41, 5.74) is 3.49. The first-order valence-corrected chi connectivity index (χ1v) is 6.97. The Labute approximate surface area is 128 Å². The molecule has 0 spiro atoms. The number of benzene rings is 2. The molecule has 0 saturated heterocycles. The summed E-state index contributed by atoms with van der Waals surface area (Å²) in [6, 6.07) is 9.21. The average Bonchev–Trinajstić information content (AvgIpc) is 2.42. The summed E-state index contributed by atoms with van der Waals surface area (Å²) < 4.78 is 5.11. The molecule has 1 N–H and O–H groups in total. The van der Waals surface area contributed by atoms with Crippen LogP contribution >= 0.6 is 23.2 Å². The molecule has 1 unspecified atom stereocenters. The van der Waals surface area contributed by atoms with Crippen molar-refractivity contribution >= 4 is 23.2 Å². The van der Waals surface area contributed by atoms with Crippen LogP contribution in [0.2, 0.25) is 10.0 Å². The van der Waals surface area contributed by atoms with Crippen LogP contribution in [-0.4, -0.2) is 12.2 Å². The zero-order valence-corrected chi connectivity index (χ0v) is 13.1. The van der Waals surface area contributed by atoms with E-state index in [1.54, 1.807) is 12.1 Å². The third-order valence-electron chi connectivity index (χ3n) is 3.30. The van der Waals surface area contributed by atoms with Crippen molar-refractivity contribution in [3.63, 3.8) is 0 Å². The highest BCUT2D eigenvalue weighted by Gasteiger charge is 2.18. The molecule has 4 heteroatoms. The number of halogens is 2. The van der Waals surface area contributed by atoms with E-state index in [2.05, 4.69) is 0 Å². The van der Waals surface area contributed by atoms with Gasteiger partial charge >= 0.3 is 0 Å². The molecule has 0 saturated carbocycles. The highest BCUT2D eigenvalue weighted by atomic mass is 35.5. The fourth-order valence-electron chi connectivity index (χ4n) is 2.13. The molecule has 0 aliphatic carbocycles. The monoisotopic (exact) mass is 310 g/mol. The minimum atomic E-state index is -0.814. The molecule has 0 fully saturated rings. The van der Waals surface area contributed by atoms with Gasteiger partial charge in [-0.1, -0.05) is 47.0 Å². The van der Waals surface area contributed by atoms with Crippen LogP contribution < -0.4 is 4.74 Å². The van der Waals surface area contributed by atoms with E-state index in [-0.39, 0.29) is 0 Å². The van der Waals surface area contributed by atoms with Crippen molar-refractivity contribution in [1.29, 1.82) is 0 Å². The van der Waals surface area contributed by atoms with E-state index < -0.39 is 6.10 Å². The number of aryl methyl sites for hydroxylation is 2. The topological polar surface area (TPSA) is 29.5 Å². The number of hydrogen-bond acceptors (Lipinski definition) is 2. The maximum absolute atomic E-state index is 10.6. The van der Waals surface area contributed by atoms with Crippen LogP contribution in [0.15, 0.2) is 30.3 Å². The van der Waals surface area contributed by atoms with Gasteiger partial charge in [-0.15, -0.1) is 0 Å². The lowest BCUT2D eigenvalue weighted by Gasteiger charge is -2.17. The molecule has 0 aromatic heterocycles. The Morgan fingerprint density at radius 1 is 1.00 bits per heavy atom. The highest BCUT2D eigenvalue weighted by Crippen LogP contribution is 2.37. The molecule has 2 aromatic carbocycles. The van der Waals surface area contributed by atoms with Crippen LogP contribution in [0, 0.1) is 13.8 Å². The number of rotatable bonds is 3. The van der Waals surface area contributed by atoms with E-state index in [0.29, 0.717) is 21.4 Å². The molecular formula is C16H16Cl2O2. The highest BCUT2D eigenvalue weighted by molar-refractivity contribution is 6.34. The molecule has 0 heterocycles. The quantitative estimate of drug-likeness (QED) is 0.890. The van der Waals surface area contributed by atoms with Crippen molar-refractivity contribution in [2.75, 3.05) is 7.11 Å². The van der Waals surface area contributed by atoms with Crippen molar-refractivity contribution < 1.29 is 9.84 Å². The van der Waals surface area contributed by atoms with Gasteiger partial charge in [-0.25, -0.2) is 0 Å². The van der Waals surface area contributed by atoms with Gasteiger partial charge in [0.05, 0.1) is 17.2 Å². The van der Waals surface area contributed by atoms with Crippen LogP contribution in [-0.2, 0) is 0 Å². The van der Waals surface area contributed by atoms with Crippen LogP contribution in [0.4, 0.5) is 0 Å². The first kappa shape index (κ1) is 15.2. The smallest absolute Gasteiger partial charge is 0.138 e. The van der Waals surface area contributed by atoms with Gasteiger partial charge in [0.25, 0.3) is 0 Å². The van der Waals surface area contributed by atoms with Crippen LogP contribution in [0.1, 0.15) is 28.4 Å². The molecule has 2 nitrogen and oxygen atoms in total. The number of ether oxygens (including phenoxy) is 1. The van der Waals surface area contributed by atoms with E-state index in [4.69, 9.17) is 27.9 Å². The standard InChI is InChI=1S/C16H16Cl2O2/c1-9-4-5-10(2)11(6-9)16(19)12-7-14(18)15(20-3)8-13(12)17/h4-8,16,19H,1-3H3. The Kier molecular flexibility index (Phi) is 4.59. The van der Waals surface area contributed by atoms with Gasteiger partial charge in [0.2, 0.25) is 0 Å². The van der Waals surface area contributed by atoms with Crippen LogP contribution in [0.25, 0.3) is 0 Å². The molecule has 106 valence electrons. The first-order valence-electron chi connectivity index (χ1n) is 6.22. The summed E-state index contributed by atoms with van der Waals surface area (Å²) in [6.07, 6.45) is -0.814. The van der Waals surface area contributed by atoms with Gasteiger partial charge in [0.1, 0.15) is 11.9 Å². The second-order valence-corrected chi connectivity index (χ2v) is 5.59. The molecule has 20 heavy (non-hydrogen) atoms. The number of aliphatic hydroxyl groups excluding tert-OH is 1. The van der Waals surface area contributed by atoms with Crippen molar-refractivity contribution in [3.8, 4) is 5.75 Å². The van der Waals surface area contributed by atoms with E-state index in [0.717, 1.165) is 16.7 Å². The van der Waals surface area contributed by atoms with E-state index in [9.17, 15) is 5.11 Å². The van der Waals surface area contributed by atoms with Crippen molar-refractivity contribution in [2.45, 2.75) is 20.0 Å². The van der Waals surface area contributed by atoms with Gasteiger partial charge < -0.3 is 9.84 Å². The van der Waals surface area contributed by atoms with Gasteiger partial charge in [0.15, 0.2) is 0 Å². The molecular weight excluding hydrogens is 295 g/mol. The van der Waals surface area contributed by atoms with E-state index >= 15 is 0 Å². The summed E-state index contributed by atoms with van der Waals surface area (Å²) >= 11 is 12.3. The third kappa shape index (κ3) is 2.93. The van der Waals surface area contributed by atoms with Crippen LogP contribution in [0.3, 0.4) is 0 Å². The Bertz CT molecular complexity index is 639. The number of hydrogen-bond donors (Lipinski definition) is 1. The lowest BCUT2D eigenvalue weighted by Crippen LogP contribution is -2.04. The molecule has 1 atom stereocenters. The maximum Gasteiger partial charge on any atom is 0.138 e. The molecule has 2 rings (SSSR count). The van der Waals surface area contributed by atoms with Crippen molar-refractivity contribution in [1.82, 2.24) is 0 Å². The summed E-state index contributed by atoms with van der Waals surface area (Å²) in [5.74, 6) is 0.494. The Balaban J connectivity index is 2.50. The minimum absolute atomic E-state index is 0.427. The van der Waals surface area contributed by atoms with Gasteiger partial charge in [0, 0.05) is 11.6 Å². The normalized spacial score (nSPS) is 12.3. The molecule has 2 aromatic rings. The average molecular weight is 311 g/mol. The lowest BCUT2D eigenvalue weighted by molar-refractivity contribution is 0.219. The predicted octanol–water partition coefficient (Wildman–Crippen LogP) is 4.70. The van der Waals surface area contributed by atoms with Gasteiger partial charge in [-0.2, -0.15) is 0 Å². The SMILES string of the molecule is COc1cc(Cl)c(C(O)c2cc(C)ccc2C)cc1Cl. The Hall–Kier alpha value is -1.22. The van der Waals surface area contributed by atoms with Gasteiger partial charge in [-0.3, -0.25) is 0 Å². The summed E-state index contributed by atoms with van der Waals surface area (Å²) in [6.45, 7) is 3.94. The first-order chi connectivity index (χ1) is 9.43. The number of aliphatic hydroxyl groups is 1. The second-order valence-electron chi connectivity index (χ2n) is 4.77. The Morgan fingerprint density at radius 2 is 1.70 bits per heavy atom. The maximum atomic E-state index is 10.6. The van der Waals surface area contributed by atoms with Crippen LogP contribution in [0.5, 0.6) is 5.75 Å². The lowest BCUT2D eigenvalue weighted by atomic mass is 9.96. The van der Waals surface area contributed by atoms with Crippen molar-refractivity contribution in [2.24, 2.45) is 0 Å². The zero-order valence-electron chi connectivity index (χ0n) is 11.6. The predicted molar refractivity (Wildman–Crippen MR) is 83.0 cm³/mol. The Morgan fingerprint density at radius 3 is 2.35 bits per heavy atom. The molecule has 0 radical (unpaired) electrons. The molecule has 0 aliphatic heterocycles. The number of methoxy groups -OCH3 is 1. The second kappa shape index (κ2) is 6.04. The fourth-order valence-corrected chi connectivity index (χ4v) is 2.64. The minimum Gasteiger partial charge on any atom is -0.495 e. The van der Waals surface area contributed by atoms with Crippen molar-refractivity contribution in [3.05, 3.63) is 62.6 Å². The third-order valence-corrected chi connectivity index (χ3v) is 3.92. The van der Waals surface area contributed by atoms with E-state index in [1.807, 2.05) is 32.0 Å². The largest absolute Gasteiger partial charge is 0.495 e. The molecule has 0 bridgehead atoms. The molecule has 0 aliphatic rings.